The Hall–Kier alpha value is -1.06. The Morgan fingerprint density at radius 1 is 1.12 bits per heavy atom. The number of hydrogen-bond acceptors (Lipinski definition) is 2. The zero-order valence-corrected chi connectivity index (χ0v) is 14.8. The van der Waals surface area contributed by atoms with Crippen LogP contribution in [0.5, 0.6) is 0 Å². The van der Waals surface area contributed by atoms with E-state index in [2.05, 4.69) is 12.2 Å². The molecule has 24 heavy (non-hydrogen) atoms. The maximum atomic E-state index is 12.8. The van der Waals surface area contributed by atoms with E-state index in [-0.39, 0.29) is 23.8 Å². The van der Waals surface area contributed by atoms with Crippen LogP contribution in [-0.4, -0.2) is 35.3 Å². The molecular weight excluding hydrogens is 300 g/mol. The summed E-state index contributed by atoms with van der Waals surface area (Å²) in [5.74, 6) is 2.95. The van der Waals surface area contributed by atoms with Gasteiger partial charge < -0.3 is 10.2 Å². The number of nitrogens with zero attached hydrogens (tertiary/aromatic N) is 1. The standard InChI is InChI=1S/C20H30N2O2/c1-12(20-8-13-4-14(9-20)6-15(5-13)10-20)21-19(24)16-7-18(23)22(11-16)17-2-3-17/h12-17H,2-11H2,1H3,(H,21,24). The fraction of sp³-hybridized carbons (Fsp3) is 0.900. The number of carbonyl (C=O) groups excluding carboxylic acids is 2. The summed E-state index contributed by atoms with van der Waals surface area (Å²) < 4.78 is 0. The highest BCUT2D eigenvalue weighted by Gasteiger charge is 2.53. The molecule has 1 aliphatic heterocycles. The molecule has 1 N–H and O–H groups in total. The first-order valence-electron chi connectivity index (χ1n) is 10.1. The molecule has 0 spiro atoms. The van der Waals surface area contributed by atoms with Gasteiger partial charge in [-0.15, -0.1) is 0 Å². The van der Waals surface area contributed by atoms with Crippen LogP contribution in [-0.2, 0) is 9.59 Å². The largest absolute Gasteiger partial charge is 0.353 e. The van der Waals surface area contributed by atoms with Crippen LogP contribution in [0.3, 0.4) is 0 Å². The van der Waals surface area contributed by atoms with Gasteiger partial charge in [0.2, 0.25) is 11.8 Å². The Kier molecular flexibility index (Phi) is 3.31. The number of nitrogens with one attached hydrogen (secondary N) is 1. The quantitative estimate of drug-likeness (QED) is 0.861. The minimum absolute atomic E-state index is 0.116. The third kappa shape index (κ3) is 2.40. The van der Waals surface area contributed by atoms with Gasteiger partial charge >= 0.3 is 0 Å². The second kappa shape index (κ2) is 5.22. The van der Waals surface area contributed by atoms with Crippen molar-refractivity contribution < 1.29 is 9.59 Å². The molecule has 4 heteroatoms. The molecule has 0 radical (unpaired) electrons. The van der Waals surface area contributed by atoms with Crippen LogP contribution in [0.15, 0.2) is 0 Å². The minimum atomic E-state index is -0.116. The fourth-order valence-electron chi connectivity index (χ4n) is 6.84. The van der Waals surface area contributed by atoms with Crippen LogP contribution in [0, 0.1) is 29.1 Å². The molecule has 6 rings (SSSR count). The van der Waals surface area contributed by atoms with Crippen LogP contribution < -0.4 is 5.32 Å². The van der Waals surface area contributed by atoms with Gasteiger partial charge in [0.05, 0.1) is 5.92 Å². The second-order valence-electron chi connectivity index (χ2n) is 9.69. The van der Waals surface area contributed by atoms with Crippen molar-refractivity contribution in [3.8, 4) is 0 Å². The maximum Gasteiger partial charge on any atom is 0.225 e. The van der Waals surface area contributed by atoms with Crippen molar-refractivity contribution in [2.45, 2.75) is 76.8 Å². The third-order valence-corrected chi connectivity index (χ3v) is 7.88. The smallest absolute Gasteiger partial charge is 0.225 e. The number of likely N-dealkylation sites (tertiary alicyclic amines) is 1. The summed E-state index contributed by atoms with van der Waals surface area (Å²) in [6.45, 7) is 2.89. The van der Waals surface area contributed by atoms with Gasteiger partial charge in [-0.1, -0.05) is 0 Å². The molecule has 2 atom stereocenters. The molecule has 4 nitrogen and oxygen atoms in total. The Morgan fingerprint density at radius 2 is 1.71 bits per heavy atom. The molecule has 132 valence electrons. The van der Waals surface area contributed by atoms with Crippen molar-refractivity contribution in [3.05, 3.63) is 0 Å². The highest BCUT2D eigenvalue weighted by molar-refractivity contribution is 5.89. The summed E-state index contributed by atoms with van der Waals surface area (Å²) >= 11 is 0. The van der Waals surface area contributed by atoms with Gasteiger partial charge in [-0.05, 0) is 81.5 Å². The van der Waals surface area contributed by atoms with Gasteiger partial charge in [-0.25, -0.2) is 0 Å². The first-order chi connectivity index (χ1) is 11.5. The van der Waals surface area contributed by atoms with Crippen molar-refractivity contribution in [1.82, 2.24) is 10.2 Å². The molecule has 0 aromatic heterocycles. The second-order valence-corrected chi connectivity index (χ2v) is 9.69. The van der Waals surface area contributed by atoms with E-state index >= 15 is 0 Å². The average molecular weight is 330 g/mol. The monoisotopic (exact) mass is 330 g/mol. The first kappa shape index (κ1) is 15.2. The topological polar surface area (TPSA) is 49.4 Å². The van der Waals surface area contributed by atoms with E-state index < -0.39 is 0 Å². The molecule has 5 aliphatic carbocycles. The zero-order valence-electron chi connectivity index (χ0n) is 14.8. The van der Waals surface area contributed by atoms with Gasteiger partial charge in [0.25, 0.3) is 0 Å². The Balaban J connectivity index is 1.24. The third-order valence-electron chi connectivity index (χ3n) is 7.88. The molecule has 5 saturated carbocycles. The van der Waals surface area contributed by atoms with Gasteiger partial charge in [0, 0.05) is 25.0 Å². The number of amides is 2. The molecule has 2 amide bonds. The lowest BCUT2D eigenvalue weighted by molar-refractivity contribution is -0.131. The van der Waals surface area contributed by atoms with Crippen LogP contribution in [0.1, 0.15) is 64.7 Å². The Morgan fingerprint density at radius 3 is 2.25 bits per heavy atom. The number of hydrogen-bond donors (Lipinski definition) is 1. The van der Waals surface area contributed by atoms with Crippen molar-refractivity contribution in [2.75, 3.05) is 6.54 Å². The summed E-state index contributed by atoms with van der Waals surface area (Å²) in [7, 11) is 0. The Bertz CT molecular complexity index is 533. The fourth-order valence-corrected chi connectivity index (χ4v) is 6.84. The van der Waals surface area contributed by atoms with E-state index in [0.29, 0.717) is 24.4 Å². The van der Waals surface area contributed by atoms with Crippen LogP contribution >= 0.6 is 0 Å². The molecule has 2 unspecified atom stereocenters. The zero-order chi connectivity index (χ0) is 16.5. The lowest BCUT2D eigenvalue weighted by Crippen LogP contribution is -2.56. The average Bonchev–Trinajstić information content (AvgIpc) is 3.28. The van der Waals surface area contributed by atoms with E-state index in [1.54, 1.807) is 0 Å². The molecule has 4 bridgehead atoms. The lowest BCUT2D eigenvalue weighted by Gasteiger charge is -2.59. The molecule has 1 heterocycles. The van der Waals surface area contributed by atoms with E-state index in [4.69, 9.17) is 0 Å². The number of carbonyl (C=O) groups is 2. The van der Waals surface area contributed by atoms with Crippen LogP contribution in [0.2, 0.25) is 0 Å². The van der Waals surface area contributed by atoms with Crippen molar-refractivity contribution in [1.29, 1.82) is 0 Å². The van der Waals surface area contributed by atoms with Gasteiger partial charge in [-0.2, -0.15) is 0 Å². The summed E-state index contributed by atoms with van der Waals surface area (Å²) in [6, 6.07) is 0.708. The maximum absolute atomic E-state index is 12.8. The van der Waals surface area contributed by atoms with Crippen molar-refractivity contribution >= 4 is 11.8 Å². The minimum Gasteiger partial charge on any atom is -0.353 e. The summed E-state index contributed by atoms with van der Waals surface area (Å²) in [4.78, 5) is 26.9. The Labute approximate surface area is 144 Å². The van der Waals surface area contributed by atoms with Gasteiger partial charge in [-0.3, -0.25) is 9.59 Å². The summed E-state index contributed by atoms with van der Waals surface area (Å²) in [6.07, 6.45) is 11.0. The molecule has 0 aromatic rings. The predicted molar refractivity (Wildman–Crippen MR) is 91.1 cm³/mol. The molecular formula is C20H30N2O2. The highest BCUT2D eigenvalue weighted by atomic mass is 16.2. The van der Waals surface area contributed by atoms with E-state index in [0.717, 1.165) is 30.6 Å². The molecule has 1 saturated heterocycles. The van der Waals surface area contributed by atoms with E-state index in [1.165, 1.54) is 38.5 Å². The van der Waals surface area contributed by atoms with Gasteiger partial charge in [0.15, 0.2) is 0 Å². The van der Waals surface area contributed by atoms with E-state index in [1.807, 2.05) is 4.90 Å². The predicted octanol–water partition coefficient (Wildman–Crippen LogP) is 2.72. The van der Waals surface area contributed by atoms with Crippen LogP contribution in [0.4, 0.5) is 0 Å². The van der Waals surface area contributed by atoms with Gasteiger partial charge in [0.1, 0.15) is 0 Å². The first-order valence-corrected chi connectivity index (χ1v) is 10.1. The van der Waals surface area contributed by atoms with Crippen molar-refractivity contribution in [2.24, 2.45) is 29.1 Å². The molecule has 6 fully saturated rings. The van der Waals surface area contributed by atoms with E-state index in [9.17, 15) is 9.59 Å². The van der Waals surface area contributed by atoms with Crippen molar-refractivity contribution in [3.63, 3.8) is 0 Å². The van der Waals surface area contributed by atoms with Crippen LogP contribution in [0.25, 0.3) is 0 Å². The summed E-state index contributed by atoms with van der Waals surface area (Å²) in [5, 5.41) is 3.36. The SMILES string of the molecule is CC(NC(=O)C1CC(=O)N(C2CC2)C1)C12CC3CC(CC(C3)C1)C2. The molecule has 6 aliphatic rings. The molecule has 0 aromatic carbocycles. The number of rotatable bonds is 4. The normalized spacial score (nSPS) is 44.9. The summed E-state index contributed by atoms with van der Waals surface area (Å²) in [5.41, 5.74) is 0.350. The lowest BCUT2D eigenvalue weighted by atomic mass is 9.48. The highest BCUT2D eigenvalue weighted by Crippen LogP contribution is 2.61.